The predicted octanol–water partition coefficient (Wildman–Crippen LogP) is 4.28. The summed E-state index contributed by atoms with van der Waals surface area (Å²) < 4.78 is 1.08. The molecule has 2 aromatic carbocycles. The van der Waals surface area contributed by atoms with Crippen LogP contribution >= 0.6 is 11.3 Å². The van der Waals surface area contributed by atoms with E-state index in [1.165, 1.54) is 4.90 Å². The summed E-state index contributed by atoms with van der Waals surface area (Å²) >= 11 is 1.60. The number of aromatic nitrogens is 2. The first-order chi connectivity index (χ1) is 17.8. The van der Waals surface area contributed by atoms with Crippen LogP contribution in [0.3, 0.4) is 0 Å². The number of amides is 4. The van der Waals surface area contributed by atoms with Crippen LogP contribution in [0.1, 0.15) is 19.4 Å². The Balaban J connectivity index is 1.24. The normalized spacial score (nSPS) is 14.6. The molecule has 2 aromatic heterocycles. The van der Waals surface area contributed by atoms with Crippen LogP contribution in [0.2, 0.25) is 0 Å². The third-order valence-electron chi connectivity index (χ3n) is 6.23. The summed E-state index contributed by atoms with van der Waals surface area (Å²) in [5.74, 6) is 0.0682. The van der Waals surface area contributed by atoms with Gasteiger partial charge in [-0.05, 0) is 55.1 Å². The van der Waals surface area contributed by atoms with Crippen molar-refractivity contribution < 1.29 is 14.4 Å². The lowest BCUT2D eigenvalue weighted by Crippen LogP contribution is -2.46. The maximum Gasteiger partial charge on any atom is 0.325 e. The summed E-state index contributed by atoms with van der Waals surface area (Å²) in [5.41, 5.74) is 1.59. The SMILES string of the molecule is CC1(C)C(=O)NC(=O)N1CCNc1nccc(-c2cc3cc(NC(=O)Cc4ccccc4)ccc3s2)n1. The van der Waals surface area contributed by atoms with Gasteiger partial charge in [0.2, 0.25) is 11.9 Å². The van der Waals surface area contributed by atoms with E-state index in [2.05, 4.69) is 25.9 Å². The number of nitrogens with one attached hydrogen (secondary N) is 3. The van der Waals surface area contributed by atoms with Crippen molar-refractivity contribution in [2.45, 2.75) is 25.8 Å². The molecular formula is C27H26N6O3S. The number of nitrogens with zero attached hydrogens (tertiary/aromatic N) is 3. The summed E-state index contributed by atoms with van der Waals surface area (Å²) in [5, 5.41) is 9.47. The quantitative estimate of drug-likeness (QED) is 0.302. The van der Waals surface area contributed by atoms with Gasteiger partial charge in [-0.3, -0.25) is 14.9 Å². The molecule has 5 rings (SSSR count). The van der Waals surface area contributed by atoms with Crippen molar-refractivity contribution in [2.75, 3.05) is 23.7 Å². The summed E-state index contributed by atoms with van der Waals surface area (Å²) in [6.07, 6.45) is 2.00. The maximum atomic E-state index is 12.4. The second kappa shape index (κ2) is 9.98. The molecule has 9 nitrogen and oxygen atoms in total. The smallest absolute Gasteiger partial charge is 0.325 e. The van der Waals surface area contributed by atoms with Gasteiger partial charge >= 0.3 is 6.03 Å². The second-order valence-corrected chi connectivity index (χ2v) is 10.3. The van der Waals surface area contributed by atoms with Crippen molar-refractivity contribution in [3.05, 3.63) is 72.4 Å². The van der Waals surface area contributed by atoms with Gasteiger partial charge < -0.3 is 15.5 Å². The first-order valence-electron chi connectivity index (χ1n) is 11.9. The van der Waals surface area contributed by atoms with Gasteiger partial charge in [0.15, 0.2) is 0 Å². The molecule has 37 heavy (non-hydrogen) atoms. The largest absolute Gasteiger partial charge is 0.352 e. The molecule has 0 spiro atoms. The summed E-state index contributed by atoms with van der Waals surface area (Å²) in [4.78, 5) is 47.8. The van der Waals surface area contributed by atoms with E-state index in [1.807, 2.05) is 60.7 Å². The number of hydrogen-bond donors (Lipinski definition) is 3. The molecular weight excluding hydrogens is 488 g/mol. The Kier molecular flexibility index (Phi) is 6.58. The van der Waals surface area contributed by atoms with Gasteiger partial charge in [0, 0.05) is 29.7 Å². The molecule has 10 heteroatoms. The van der Waals surface area contributed by atoms with Crippen LogP contribution in [-0.4, -0.2) is 51.3 Å². The fraction of sp³-hybridized carbons (Fsp3) is 0.222. The molecule has 4 aromatic rings. The molecule has 4 amide bonds. The van der Waals surface area contributed by atoms with Gasteiger partial charge in [-0.15, -0.1) is 11.3 Å². The summed E-state index contributed by atoms with van der Waals surface area (Å²) in [6.45, 7) is 4.16. The van der Waals surface area contributed by atoms with Crippen LogP contribution < -0.4 is 16.0 Å². The Morgan fingerprint density at radius 3 is 2.65 bits per heavy atom. The van der Waals surface area contributed by atoms with Crippen LogP contribution in [0.5, 0.6) is 0 Å². The molecule has 188 valence electrons. The zero-order chi connectivity index (χ0) is 26.0. The zero-order valence-corrected chi connectivity index (χ0v) is 21.3. The first-order valence-corrected chi connectivity index (χ1v) is 12.7. The minimum atomic E-state index is -0.890. The van der Waals surface area contributed by atoms with E-state index in [0.29, 0.717) is 25.5 Å². The van der Waals surface area contributed by atoms with Gasteiger partial charge in [0.05, 0.1) is 17.0 Å². The zero-order valence-electron chi connectivity index (χ0n) is 20.4. The third kappa shape index (κ3) is 5.29. The molecule has 3 heterocycles. The van der Waals surface area contributed by atoms with E-state index < -0.39 is 11.6 Å². The van der Waals surface area contributed by atoms with Crippen LogP contribution in [0, 0.1) is 0 Å². The Labute approximate surface area is 217 Å². The molecule has 0 bridgehead atoms. The highest BCUT2D eigenvalue weighted by Crippen LogP contribution is 2.34. The fourth-order valence-electron chi connectivity index (χ4n) is 4.17. The maximum absolute atomic E-state index is 12.4. The Morgan fingerprint density at radius 2 is 1.89 bits per heavy atom. The second-order valence-electron chi connectivity index (χ2n) is 9.24. The number of thiophene rings is 1. The van der Waals surface area contributed by atoms with Crippen molar-refractivity contribution >= 4 is 50.9 Å². The van der Waals surface area contributed by atoms with Crippen molar-refractivity contribution in [3.63, 3.8) is 0 Å². The van der Waals surface area contributed by atoms with Crippen LogP contribution in [-0.2, 0) is 16.0 Å². The lowest BCUT2D eigenvalue weighted by molar-refractivity contribution is -0.125. The number of anilines is 2. The lowest BCUT2D eigenvalue weighted by atomic mass is 10.0. The van der Waals surface area contributed by atoms with Crippen LogP contribution in [0.15, 0.2) is 66.9 Å². The number of carbonyl (C=O) groups is 3. The number of urea groups is 1. The van der Waals surface area contributed by atoms with E-state index in [-0.39, 0.29) is 11.8 Å². The molecule has 1 aliphatic heterocycles. The monoisotopic (exact) mass is 514 g/mol. The van der Waals surface area contributed by atoms with Crippen molar-refractivity contribution in [1.82, 2.24) is 20.2 Å². The minimum absolute atomic E-state index is 0.0633. The minimum Gasteiger partial charge on any atom is -0.352 e. The van der Waals surface area contributed by atoms with E-state index in [1.54, 1.807) is 31.4 Å². The average Bonchev–Trinajstić information content (AvgIpc) is 3.38. The number of hydrogen-bond acceptors (Lipinski definition) is 7. The highest BCUT2D eigenvalue weighted by Gasteiger charge is 2.45. The lowest BCUT2D eigenvalue weighted by Gasteiger charge is -2.27. The van der Waals surface area contributed by atoms with Crippen LogP contribution in [0.25, 0.3) is 20.7 Å². The van der Waals surface area contributed by atoms with Crippen LogP contribution in [0.4, 0.5) is 16.4 Å². The first kappa shape index (κ1) is 24.4. The fourth-order valence-corrected chi connectivity index (χ4v) is 5.18. The standard InChI is InChI=1S/C27H26N6O3S/c1-27(2)24(35)32-26(36)33(27)13-12-29-25-28-11-10-20(31-25)22-16-18-15-19(8-9-21(18)37-22)30-23(34)14-17-6-4-3-5-7-17/h3-11,15-16H,12-14H2,1-2H3,(H,30,34)(H,28,29,31)(H,32,35,36). The average molecular weight is 515 g/mol. The van der Waals surface area contributed by atoms with Gasteiger partial charge in [0.25, 0.3) is 5.91 Å². The van der Waals surface area contributed by atoms with E-state index in [9.17, 15) is 14.4 Å². The van der Waals surface area contributed by atoms with Crippen molar-refractivity contribution in [1.29, 1.82) is 0 Å². The number of rotatable bonds is 8. The highest BCUT2D eigenvalue weighted by atomic mass is 32.1. The van der Waals surface area contributed by atoms with Gasteiger partial charge in [-0.2, -0.15) is 0 Å². The Bertz CT molecular complexity index is 1480. The molecule has 0 radical (unpaired) electrons. The summed E-state index contributed by atoms with van der Waals surface area (Å²) in [7, 11) is 0. The van der Waals surface area contributed by atoms with E-state index in [0.717, 1.165) is 31.9 Å². The van der Waals surface area contributed by atoms with Gasteiger partial charge in [-0.1, -0.05) is 30.3 Å². The Hall–Kier alpha value is -4.31. The molecule has 0 unspecified atom stereocenters. The highest BCUT2D eigenvalue weighted by molar-refractivity contribution is 7.22. The molecule has 1 aliphatic rings. The Morgan fingerprint density at radius 1 is 1.08 bits per heavy atom. The van der Waals surface area contributed by atoms with E-state index >= 15 is 0 Å². The van der Waals surface area contributed by atoms with Crippen molar-refractivity contribution in [2.24, 2.45) is 0 Å². The van der Waals surface area contributed by atoms with E-state index in [4.69, 9.17) is 0 Å². The van der Waals surface area contributed by atoms with Gasteiger partial charge in [0.1, 0.15) is 5.54 Å². The number of benzene rings is 2. The third-order valence-corrected chi connectivity index (χ3v) is 7.37. The molecule has 1 fully saturated rings. The number of imide groups is 1. The molecule has 0 aliphatic carbocycles. The molecule has 0 saturated carbocycles. The molecule has 1 saturated heterocycles. The summed E-state index contributed by atoms with van der Waals surface area (Å²) in [6, 6.07) is 19.0. The predicted molar refractivity (Wildman–Crippen MR) is 144 cm³/mol. The molecule has 0 atom stereocenters. The topological polar surface area (TPSA) is 116 Å². The number of carbonyl (C=O) groups excluding carboxylic acids is 3. The molecule has 3 N–H and O–H groups in total. The van der Waals surface area contributed by atoms with Crippen molar-refractivity contribution in [3.8, 4) is 10.6 Å². The van der Waals surface area contributed by atoms with Gasteiger partial charge in [-0.25, -0.2) is 14.8 Å². The number of fused-ring (bicyclic) bond motifs is 1.